The van der Waals surface area contributed by atoms with Crippen molar-refractivity contribution in [1.82, 2.24) is 10.0 Å². The van der Waals surface area contributed by atoms with Gasteiger partial charge in [-0.1, -0.05) is 0 Å². The first-order chi connectivity index (χ1) is 16.6. The summed E-state index contributed by atoms with van der Waals surface area (Å²) in [6.45, 7) is 0.233. The average Bonchev–Trinajstić information content (AvgIpc) is 2.80. The molecule has 3 aliphatic rings. The number of imide groups is 2. The summed E-state index contributed by atoms with van der Waals surface area (Å²) < 4.78 is 38.8. The van der Waals surface area contributed by atoms with Crippen molar-refractivity contribution in [1.29, 1.82) is 0 Å². The number of rotatable bonds is 2. The lowest BCUT2D eigenvalue weighted by Gasteiger charge is -2.44. The molecule has 176 valence electrons. The van der Waals surface area contributed by atoms with Gasteiger partial charge in [0.2, 0.25) is 0 Å². The van der Waals surface area contributed by atoms with Gasteiger partial charge in [-0.2, -0.15) is 13.2 Å². The Hall–Kier alpha value is -4.09. The number of β-amino-alcohol motifs (C(OH)–C–C–N with tert-alkyl or cyclic N) is 1. The van der Waals surface area contributed by atoms with Gasteiger partial charge in [-0.25, -0.2) is 14.9 Å². The Balaban J connectivity index is 1.47. The summed E-state index contributed by atoms with van der Waals surface area (Å²) in [7, 11) is 0. The third kappa shape index (κ3) is 2.88. The molecule has 0 atom stereocenters. The number of halogens is 3. The molecule has 0 bridgehead atoms. The second kappa shape index (κ2) is 6.96. The summed E-state index contributed by atoms with van der Waals surface area (Å²) >= 11 is 0. The number of carbonyl (C=O) groups is 4. The number of amides is 4. The topological polar surface area (TPSA) is 98.2 Å². The molecule has 0 aromatic heterocycles. The average molecular weight is 481 g/mol. The third-order valence-electron chi connectivity index (χ3n) is 6.45. The standard InChI is InChI=1S/C24H14F3N3O5/c25-24(26,27)11-1-3-12(4-2-11)29-20(32)14-5-7-16-19-17(8-6-15(18(14)19)21(29)33)23(35)30(22(16)34)28-9-13(31)10-28/h1-8,13,31H,9-10H2. The molecule has 3 aromatic rings. The van der Waals surface area contributed by atoms with Crippen molar-refractivity contribution in [3.05, 3.63) is 76.3 Å². The summed E-state index contributed by atoms with van der Waals surface area (Å²) in [5, 5.41) is 12.3. The van der Waals surface area contributed by atoms with E-state index in [2.05, 4.69) is 0 Å². The van der Waals surface area contributed by atoms with Gasteiger partial charge in [0, 0.05) is 35.0 Å². The fraction of sp³-hybridized carbons (Fsp3) is 0.167. The van der Waals surface area contributed by atoms with E-state index < -0.39 is 41.5 Å². The zero-order valence-corrected chi connectivity index (χ0v) is 17.7. The van der Waals surface area contributed by atoms with Crippen LogP contribution in [-0.2, 0) is 6.18 Å². The zero-order chi connectivity index (χ0) is 24.8. The highest BCUT2D eigenvalue weighted by Crippen LogP contribution is 2.40. The number of benzene rings is 3. The molecule has 35 heavy (non-hydrogen) atoms. The van der Waals surface area contributed by atoms with Crippen molar-refractivity contribution >= 4 is 40.1 Å². The van der Waals surface area contributed by atoms with Crippen molar-refractivity contribution in [2.45, 2.75) is 12.3 Å². The SMILES string of the molecule is O=C1c2ccc3c4c(ccc(c24)C(=O)N1c1ccc(C(F)(F)F)cc1)C(=O)N(N1CC(O)C1)C3=O. The second-order valence-corrected chi connectivity index (χ2v) is 8.51. The molecule has 1 N–H and O–H groups in total. The van der Waals surface area contributed by atoms with Crippen LogP contribution in [-0.4, -0.2) is 57.9 Å². The summed E-state index contributed by atoms with van der Waals surface area (Å²) in [4.78, 5) is 53.7. The molecule has 0 spiro atoms. The van der Waals surface area contributed by atoms with E-state index >= 15 is 0 Å². The van der Waals surface area contributed by atoms with E-state index in [0.29, 0.717) is 0 Å². The van der Waals surface area contributed by atoms with Crippen LogP contribution in [0.1, 0.15) is 47.0 Å². The van der Waals surface area contributed by atoms with Crippen LogP contribution in [0.3, 0.4) is 0 Å². The number of aliphatic hydroxyl groups is 1. The van der Waals surface area contributed by atoms with E-state index in [0.717, 1.165) is 34.2 Å². The van der Waals surface area contributed by atoms with Gasteiger partial charge >= 0.3 is 6.18 Å². The molecule has 0 saturated carbocycles. The summed E-state index contributed by atoms with van der Waals surface area (Å²) in [6, 6.07) is 9.16. The zero-order valence-electron chi connectivity index (χ0n) is 17.7. The highest BCUT2D eigenvalue weighted by molar-refractivity contribution is 6.39. The maximum absolute atomic E-state index is 13.3. The number of aliphatic hydroxyl groups excluding tert-OH is 1. The van der Waals surface area contributed by atoms with Crippen molar-refractivity contribution in [2.75, 3.05) is 18.0 Å². The fourth-order valence-corrected chi connectivity index (χ4v) is 4.75. The van der Waals surface area contributed by atoms with Gasteiger partial charge < -0.3 is 5.11 Å². The Morgan fingerprint density at radius 2 is 1.11 bits per heavy atom. The van der Waals surface area contributed by atoms with Gasteiger partial charge in [-0.3, -0.25) is 19.2 Å². The minimum Gasteiger partial charge on any atom is -0.390 e. The minimum absolute atomic E-state index is 0.0401. The Labute approximate surface area is 194 Å². The van der Waals surface area contributed by atoms with E-state index in [1.165, 1.54) is 29.3 Å². The maximum Gasteiger partial charge on any atom is 0.416 e. The lowest BCUT2D eigenvalue weighted by molar-refractivity contribution is -0.137. The van der Waals surface area contributed by atoms with Crippen molar-refractivity contribution in [3.8, 4) is 0 Å². The number of nitrogens with zero attached hydrogens (tertiary/aromatic N) is 3. The third-order valence-corrected chi connectivity index (χ3v) is 6.45. The molecule has 1 fully saturated rings. The van der Waals surface area contributed by atoms with Crippen LogP contribution >= 0.6 is 0 Å². The van der Waals surface area contributed by atoms with Crippen LogP contribution in [0.5, 0.6) is 0 Å². The van der Waals surface area contributed by atoms with Gasteiger partial charge in [-0.15, -0.1) is 0 Å². The van der Waals surface area contributed by atoms with Crippen LogP contribution in [0.4, 0.5) is 18.9 Å². The molecule has 6 rings (SSSR count). The van der Waals surface area contributed by atoms with E-state index in [9.17, 15) is 37.5 Å². The van der Waals surface area contributed by atoms with Gasteiger partial charge in [0.05, 0.1) is 28.5 Å². The number of carbonyl (C=O) groups excluding carboxylic acids is 4. The van der Waals surface area contributed by atoms with Crippen LogP contribution < -0.4 is 4.90 Å². The van der Waals surface area contributed by atoms with Crippen molar-refractivity contribution < 1.29 is 37.5 Å². The smallest absolute Gasteiger partial charge is 0.390 e. The molecule has 3 aromatic carbocycles. The van der Waals surface area contributed by atoms with E-state index in [1.54, 1.807) is 0 Å². The van der Waals surface area contributed by atoms with Crippen LogP contribution in [0.25, 0.3) is 10.8 Å². The predicted molar refractivity (Wildman–Crippen MR) is 115 cm³/mol. The van der Waals surface area contributed by atoms with E-state index in [4.69, 9.17) is 0 Å². The molecule has 0 aliphatic carbocycles. The summed E-state index contributed by atoms with van der Waals surface area (Å²) in [6.07, 6.45) is -5.23. The molecule has 3 heterocycles. The number of hydrazine groups is 1. The summed E-state index contributed by atoms with van der Waals surface area (Å²) in [5.74, 6) is -2.83. The quantitative estimate of drug-likeness (QED) is 0.566. The van der Waals surface area contributed by atoms with Crippen molar-refractivity contribution in [3.63, 3.8) is 0 Å². The Kier molecular flexibility index (Phi) is 4.27. The lowest BCUT2D eigenvalue weighted by Crippen LogP contribution is -2.63. The van der Waals surface area contributed by atoms with Gasteiger partial charge in [0.1, 0.15) is 0 Å². The molecule has 4 amide bonds. The first-order valence-corrected chi connectivity index (χ1v) is 10.6. The molecule has 3 aliphatic heterocycles. The van der Waals surface area contributed by atoms with Gasteiger partial charge in [0.15, 0.2) is 0 Å². The molecule has 11 heteroatoms. The molecule has 8 nitrogen and oxygen atoms in total. The summed E-state index contributed by atoms with van der Waals surface area (Å²) in [5.41, 5.74) is -0.604. The van der Waals surface area contributed by atoms with Gasteiger partial charge in [-0.05, 0) is 48.5 Å². The largest absolute Gasteiger partial charge is 0.416 e. The Morgan fingerprint density at radius 1 is 0.686 bits per heavy atom. The van der Waals surface area contributed by atoms with Crippen LogP contribution in [0, 0.1) is 0 Å². The lowest BCUT2D eigenvalue weighted by atomic mass is 9.86. The maximum atomic E-state index is 13.3. The minimum atomic E-state index is -4.58. The predicted octanol–water partition coefficient (Wildman–Crippen LogP) is 2.85. The number of alkyl halides is 3. The molecule has 0 unspecified atom stereocenters. The van der Waals surface area contributed by atoms with Gasteiger partial charge in [0.25, 0.3) is 23.6 Å². The first-order valence-electron chi connectivity index (χ1n) is 10.6. The Bertz CT molecular complexity index is 1420. The molecular weight excluding hydrogens is 467 g/mol. The second-order valence-electron chi connectivity index (χ2n) is 8.51. The highest BCUT2D eigenvalue weighted by Gasteiger charge is 2.44. The van der Waals surface area contributed by atoms with Crippen molar-refractivity contribution in [2.24, 2.45) is 0 Å². The molecule has 0 radical (unpaired) electrons. The molecular formula is C24H14F3N3O5. The Morgan fingerprint density at radius 3 is 1.51 bits per heavy atom. The number of anilines is 1. The monoisotopic (exact) mass is 481 g/mol. The fourth-order valence-electron chi connectivity index (χ4n) is 4.75. The normalized spacial score (nSPS) is 18.5. The van der Waals surface area contributed by atoms with Crippen LogP contribution in [0.2, 0.25) is 0 Å². The first kappa shape index (κ1) is 21.4. The molecule has 1 saturated heterocycles. The number of hydrogen-bond donors (Lipinski definition) is 1. The van der Waals surface area contributed by atoms with Crippen LogP contribution in [0.15, 0.2) is 48.5 Å². The number of hydrogen-bond acceptors (Lipinski definition) is 6. The van der Waals surface area contributed by atoms with E-state index in [-0.39, 0.29) is 51.8 Å². The highest BCUT2D eigenvalue weighted by atomic mass is 19.4. The van der Waals surface area contributed by atoms with E-state index in [1.807, 2.05) is 0 Å².